The third-order valence-electron chi connectivity index (χ3n) is 9.36. The Hall–Kier alpha value is -7.65. The van der Waals surface area contributed by atoms with Crippen molar-refractivity contribution in [3.63, 3.8) is 0 Å². The van der Waals surface area contributed by atoms with Gasteiger partial charge in [-0.25, -0.2) is 0 Å². The van der Waals surface area contributed by atoms with Crippen molar-refractivity contribution in [3.8, 4) is 17.2 Å². The van der Waals surface area contributed by atoms with Gasteiger partial charge in [-0.1, -0.05) is 97.2 Å². The summed E-state index contributed by atoms with van der Waals surface area (Å²) in [6.45, 7) is 9.15. The van der Waals surface area contributed by atoms with Crippen LogP contribution >= 0.6 is 11.8 Å². The van der Waals surface area contributed by atoms with E-state index in [0.717, 1.165) is 40.7 Å². The number of ether oxygens (including phenoxy) is 1. The molecule has 60 heavy (non-hydrogen) atoms. The number of amides is 3. The summed E-state index contributed by atoms with van der Waals surface area (Å²) in [6, 6.07) is 30.3. The molecule has 15 heteroatoms. The van der Waals surface area contributed by atoms with Gasteiger partial charge in [-0.2, -0.15) is 4.99 Å². The summed E-state index contributed by atoms with van der Waals surface area (Å²) in [5, 5.41) is 25.9. The van der Waals surface area contributed by atoms with E-state index in [0.29, 0.717) is 22.6 Å². The van der Waals surface area contributed by atoms with Gasteiger partial charge in [0.1, 0.15) is 11.3 Å². The van der Waals surface area contributed by atoms with E-state index in [1.807, 2.05) is 85.1 Å². The predicted octanol–water partition coefficient (Wildman–Crippen LogP) is 9.10. The second kappa shape index (κ2) is 18.7. The van der Waals surface area contributed by atoms with Crippen LogP contribution in [0.3, 0.4) is 0 Å². The van der Waals surface area contributed by atoms with Gasteiger partial charge in [-0.3, -0.25) is 39.5 Å². The van der Waals surface area contributed by atoms with Gasteiger partial charge in [0.2, 0.25) is 11.7 Å². The molecule has 6 rings (SSSR count). The van der Waals surface area contributed by atoms with E-state index in [-0.39, 0.29) is 33.9 Å². The van der Waals surface area contributed by atoms with Gasteiger partial charge >= 0.3 is 5.69 Å². The number of carbonyl (C=O) groups excluding carboxylic acids is 3. The second-order valence-electron chi connectivity index (χ2n) is 13.2. The van der Waals surface area contributed by atoms with Crippen molar-refractivity contribution in [1.29, 1.82) is 0 Å². The number of nitro benzene ring substituents is 2. The molecule has 1 aromatic heterocycles. The van der Waals surface area contributed by atoms with E-state index < -0.39 is 39.1 Å². The molecule has 1 aliphatic heterocycles. The van der Waals surface area contributed by atoms with Crippen LogP contribution in [0.2, 0.25) is 0 Å². The fraction of sp³-hybridized carbons (Fsp3) is 0.111. The molecule has 0 radical (unpaired) electrons. The van der Waals surface area contributed by atoms with Crippen LogP contribution in [0.5, 0.6) is 11.5 Å². The SMILES string of the molecule is C=C/C=C\C(=C/C)N1C(=O)/C(=C/c2cc(C)n(-c3ccc(Oc4ccc([N+](=O)[O-])cc4[N+](=O)[O-])cc3)c2C)C(=O)N=C1SCC(=O)NC(c1ccccc1)c1ccccc1. The molecule has 0 saturated heterocycles. The molecule has 302 valence electrons. The number of thioether (sulfide) groups is 1. The summed E-state index contributed by atoms with van der Waals surface area (Å²) in [5.41, 5.74) is 3.75. The molecular formula is C45H38N6O8S. The standard InChI is InChI=1S/C45H38N6O8S/c1-5-7-18-34(6-2)49-44(54)38(43(53)47-45(49)60-28-41(52)46-42(31-14-10-8-11-15-31)32-16-12-9-13-17-32)26-33-25-29(3)48(30(33)4)35-19-22-37(23-20-35)59-40-24-21-36(50(55)56)27-39(40)51(57)58/h5-27,42H,1,28H2,2-4H3,(H,46,52)/b18-7-,34-6+,38-26+. The molecule has 0 spiro atoms. The highest BCUT2D eigenvalue weighted by molar-refractivity contribution is 8.14. The number of aliphatic imine (C=N–C) groups is 1. The molecule has 1 aliphatic rings. The Kier molecular flexibility index (Phi) is 13.1. The van der Waals surface area contributed by atoms with E-state index in [4.69, 9.17) is 4.74 Å². The minimum absolute atomic E-state index is 0.0434. The van der Waals surface area contributed by atoms with Crippen molar-refractivity contribution in [2.45, 2.75) is 26.8 Å². The Morgan fingerprint density at radius 2 is 1.57 bits per heavy atom. The van der Waals surface area contributed by atoms with Crippen LogP contribution in [0, 0.1) is 34.1 Å². The number of hydrogen-bond donors (Lipinski definition) is 1. The molecule has 0 bridgehead atoms. The number of nitrogens with zero attached hydrogens (tertiary/aromatic N) is 5. The first-order chi connectivity index (χ1) is 28.9. The van der Waals surface area contributed by atoms with Crippen molar-refractivity contribution in [2.24, 2.45) is 4.99 Å². The topological polar surface area (TPSA) is 179 Å². The highest BCUT2D eigenvalue weighted by Gasteiger charge is 2.35. The summed E-state index contributed by atoms with van der Waals surface area (Å²) in [4.78, 5) is 68.4. The third-order valence-corrected chi connectivity index (χ3v) is 10.3. The normalized spacial score (nSPS) is 13.8. The molecule has 0 aliphatic carbocycles. The molecule has 4 aromatic carbocycles. The quantitative estimate of drug-likeness (QED) is 0.0376. The second-order valence-corrected chi connectivity index (χ2v) is 14.2. The molecule has 14 nitrogen and oxygen atoms in total. The maximum atomic E-state index is 14.3. The van der Waals surface area contributed by atoms with Gasteiger partial charge in [0, 0.05) is 28.8 Å². The number of non-ortho nitro benzene ring substituents is 1. The first-order valence-corrected chi connectivity index (χ1v) is 19.5. The number of allylic oxidation sites excluding steroid dienone is 4. The third kappa shape index (κ3) is 9.38. The smallest absolute Gasteiger partial charge is 0.318 e. The molecule has 3 amide bonds. The van der Waals surface area contributed by atoms with Crippen molar-refractivity contribution in [2.75, 3.05) is 5.75 Å². The lowest BCUT2D eigenvalue weighted by molar-refractivity contribution is -0.394. The van der Waals surface area contributed by atoms with Gasteiger partial charge in [-0.15, -0.1) is 0 Å². The zero-order valence-corrected chi connectivity index (χ0v) is 33.5. The molecule has 5 aromatic rings. The fourth-order valence-electron chi connectivity index (χ4n) is 6.52. The Balaban J connectivity index is 1.25. The van der Waals surface area contributed by atoms with Crippen molar-refractivity contribution in [3.05, 3.63) is 200 Å². The summed E-state index contributed by atoms with van der Waals surface area (Å²) < 4.78 is 7.62. The Morgan fingerprint density at radius 1 is 0.917 bits per heavy atom. The first kappa shape index (κ1) is 42.0. The van der Waals surface area contributed by atoms with Gasteiger partial charge in [0.15, 0.2) is 5.17 Å². The largest absolute Gasteiger partial charge is 0.450 e. The van der Waals surface area contributed by atoms with Gasteiger partial charge < -0.3 is 14.6 Å². The van der Waals surface area contributed by atoms with Crippen molar-refractivity contribution >= 4 is 52.1 Å². The molecular weight excluding hydrogens is 785 g/mol. The molecule has 0 fully saturated rings. The maximum Gasteiger partial charge on any atom is 0.318 e. The van der Waals surface area contributed by atoms with E-state index in [9.17, 15) is 34.6 Å². The van der Waals surface area contributed by atoms with E-state index >= 15 is 0 Å². The number of amidine groups is 1. The predicted molar refractivity (Wildman–Crippen MR) is 231 cm³/mol. The van der Waals surface area contributed by atoms with Crippen LogP contribution in [0.25, 0.3) is 11.8 Å². The number of aryl methyl sites for hydroxylation is 1. The Labute approximate surface area is 349 Å². The molecule has 0 unspecified atom stereocenters. The molecule has 0 saturated carbocycles. The summed E-state index contributed by atoms with van der Waals surface area (Å²) >= 11 is 0.971. The molecule has 0 atom stereocenters. The van der Waals surface area contributed by atoms with Crippen molar-refractivity contribution < 1.29 is 29.0 Å². The Morgan fingerprint density at radius 3 is 2.15 bits per heavy atom. The number of nitro groups is 2. The van der Waals surface area contributed by atoms with E-state index in [1.54, 1.807) is 55.5 Å². The van der Waals surface area contributed by atoms with Gasteiger partial charge in [0.05, 0.1) is 27.7 Å². The minimum Gasteiger partial charge on any atom is -0.450 e. The van der Waals surface area contributed by atoms with Crippen LogP contribution in [0.1, 0.15) is 41.0 Å². The molecule has 2 heterocycles. The zero-order valence-electron chi connectivity index (χ0n) is 32.7. The number of hydrogen-bond acceptors (Lipinski definition) is 9. The van der Waals surface area contributed by atoms with E-state index in [2.05, 4.69) is 16.9 Å². The zero-order chi connectivity index (χ0) is 42.9. The fourth-order valence-corrected chi connectivity index (χ4v) is 7.33. The maximum absolute atomic E-state index is 14.3. The van der Waals surface area contributed by atoms with Gasteiger partial charge in [-0.05, 0) is 86.0 Å². The number of aromatic nitrogens is 1. The van der Waals surface area contributed by atoms with Crippen LogP contribution in [-0.4, -0.2) is 48.0 Å². The lowest BCUT2D eigenvalue weighted by atomic mass is 9.99. The minimum atomic E-state index is -0.764. The van der Waals surface area contributed by atoms with Gasteiger partial charge in [0.25, 0.3) is 17.5 Å². The summed E-state index contributed by atoms with van der Waals surface area (Å²) in [6.07, 6.45) is 8.06. The van der Waals surface area contributed by atoms with Crippen LogP contribution < -0.4 is 10.1 Å². The number of carbonyl (C=O) groups is 3. The lowest BCUT2D eigenvalue weighted by Gasteiger charge is -2.28. The molecule has 1 N–H and O–H groups in total. The van der Waals surface area contributed by atoms with Crippen LogP contribution in [0.4, 0.5) is 11.4 Å². The van der Waals surface area contributed by atoms with Crippen LogP contribution in [-0.2, 0) is 14.4 Å². The average Bonchev–Trinajstić information content (AvgIpc) is 3.53. The highest BCUT2D eigenvalue weighted by Crippen LogP contribution is 2.35. The lowest BCUT2D eigenvalue weighted by Crippen LogP contribution is -2.42. The van der Waals surface area contributed by atoms with E-state index in [1.165, 1.54) is 17.0 Å². The van der Waals surface area contributed by atoms with Crippen LogP contribution in [0.15, 0.2) is 156 Å². The Bertz CT molecular complexity index is 2580. The first-order valence-electron chi connectivity index (χ1n) is 18.5. The summed E-state index contributed by atoms with van der Waals surface area (Å²) in [7, 11) is 0. The average molecular weight is 823 g/mol. The highest BCUT2D eigenvalue weighted by atomic mass is 32.2. The monoisotopic (exact) mass is 822 g/mol. The van der Waals surface area contributed by atoms with Crippen molar-refractivity contribution in [1.82, 2.24) is 14.8 Å². The summed E-state index contributed by atoms with van der Waals surface area (Å²) in [5.74, 6) is -1.77. The number of rotatable bonds is 14. The number of benzene rings is 4. The number of nitrogens with one attached hydrogen (secondary N) is 1.